The second-order valence-electron chi connectivity index (χ2n) is 6.68. The molecule has 0 saturated carbocycles. The fourth-order valence-corrected chi connectivity index (χ4v) is 3.56. The Kier molecular flexibility index (Phi) is 6.71. The summed E-state index contributed by atoms with van der Waals surface area (Å²) < 4.78 is 10.9. The molecular formula is C22H28N2O3. The van der Waals surface area contributed by atoms with Gasteiger partial charge in [0.05, 0.1) is 19.8 Å². The summed E-state index contributed by atoms with van der Waals surface area (Å²) in [6.07, 6.45) is 2.43. The lowest BCUT2D eigenvalue weighted by atomic mass is 10.1. The van der Waals surface area contributed by atoms with E-state index in [0.29, 0.717) is 30.2 Å². The van der Waals surface area contributed by atoms with E-state index >= 15 is 0 Å². The molecule has 27 heavy (non-hydrogen) atoms. The highest BCUT2D eigenvalue weighted by Crippen LogP contribution is 2.28. The molecule has 1 fully saturated rings. The first kappa shape index (κ1) is 19.2. The molecule has 1 N–H and O–H groups in total. The predicted octanol–water partition coefficient (Wildman–Crippen LogP) is 3.66. The van der Waals surface area contributed by atoms with Gasteiger partial charge in [0, 0.05) is 12.1 Å². The van der Waals surface area contributed by atoms with Crippen LogP contribution in [0.25, 0.3) is 0 Å². The Morgan fingerprint density at radius 3 is 2.52 bits per heavy atom. The number of hydrogen-bond acceptors (Lipinski definition) is 4. The van der Waals surface area contributed by atoms with Gasteiger partial charge in [0.25, 0.3) is 5.91 Å². The molecule has 1 amide bonds. The number of ether oxygens (including phenoxy) is 2. The molecule has 1 aliphatic heterocycles. The second kappa shape index (κ2) is 9.42. The van der Waals surface area contributed by atoms with E-state index in [9.17, 15) is 4.79 Å². The van der Waals surface area contributed by atoms with Crippen molar-refractivity contribution in [3.63, 3.8) is 0 Å². The van der Waals surface area contributed by atoms with E-state index in [1.54, 1.807) is 25.3 Å². The highest BCUT2D eigenvalue weighted by atomic mass is 16.5. The predicted molar refractivity (Wildman–Crippen MR) is 106 cm³/mol. The largest absolute Gasteiger partial charge is 0.493 e. The number of likely N-dealkylation sites (tertiary alicyclic amines) is 1. The van der Waals surface area contributed by atoms with E-state index in [1.807, 2.05) is 13.0 Å². The Morgan fingerprint density at radius 1 is 1.11 bits per heavy atom. The third kappa shape index (κ3) is 4.80. The van der Waals surface area contributed by atoms with Crippen LogP contribution in [0, 0.1) is 0 Å². The number of nitrogens with zero attached hydrogens (tertiary/aromatic N) is 1. The van der Waals surface area contributed by atoms with Gasteiger partial charge < -0.3 is 14.8 Å². The summed E-state index contributed by atoms with van der Waals surface area (Å²) >= 11 is 0. The number of benzene rings is 2. The van der Waals surface area contributed by atoms with Crippen molar-refractivity contribution in [2.24, 2.45) is 0 Å². The molecule has 0 unspecified atom stereocenters. The molecule has 3 rings (SSSR count). The first-order valence-corrected chi connectivity index (χ1v) is 9.61. The monoisotopic (exact) mass is 368 g/mol. The van der Waals surface area contributed by atoms with Gasteiger partial charge in [0.1, 0.15) is 0 Å². The van der Waals surface area contributed by atoms with E-state index in [-0.39, 0.29) is 11.9 Å². The molecule has 0 aliphatic carbocycles. The van der Waals surface area contributed by atoms with E-state index in [2.05, 4.69) is 34.5 Å². The second-order valence-corrected chi connectivity index (χ2v) is 6.68. The minimum atomic E-state index is -0.100. The van der Waals surface area contributed by atoms with Gasteiger partial charge in [-0.3, -0.25) is 9.69 Å². The van der Waals surface area contributed by atoms with E-state index in [4.69, 9.17) is 9.47 Å². The maximum Gasteiger partial charge on any atom is 0.251 e. The molecule has 2 aromatic rings. The molecule has 0 radical (unpaired) electrons. The highest BCUT2D eigenvalue weighted by Gasteiger charge is 2.24. The van der Waals surface area contributed by atoms with Crippen LogP contribution in [0.5, 0.6) is 11.5 Å². The number of nitrogens with one attached hydrogen (secondary N) is 1. The summed E-state index contributed by atoms with van der Waals surface area (Å²) in [6, 6.07) is 15.9. The summed E-state index contributed by atoms with van der Waals surface area (Å²) in [5, 5.41) is 3.10. The molecule has 5 nitrogen and oxygen atoms in total. The zero-order chi connectivity index (χ0) is 19.1. The maximum atomic E-state index is 12.7. The van der Waals surface area contributed by atoms with Crippen molar-refractivity contribution in [2.75, 3.05) is 33.4 Å². The van der Waals surface area contributed by atoms with Gasteiger partial charge in [0.2, 0.25) is 0 Å². The number of amides is 1. The van der Waals surface area contributed by atoms with Gasteiger partial charge in [-0.1, -0.05) is 30.3 Å². The van der Waals surface area contributed by atoms with Crippen LogP contribution in [-0.2, 0) is 0 Å². The quantitative estimate of drug-likeness (QED) is 0.773. The highest BCUT2D eigenvalue weighted by molar-refractivity contribution is 5.94. The lowest BCUT2D eigenvalue weighted by molar-refractivity contribution is 0.0937. The standard InChI is InChI=1S/C22H28N2O3/c1-3-27-20-12-11-18(15-21(20)26-2)22(25)23-16-19(24-13-7-8-14-24)17-9-5-4-6-10-17/h4-6,9-12,15,19H,3,7-8,13-14,16H2,1-2H3,(H,23,25)/t19-/m0/s1. The van der Waals surface area contributed by atoms with Crippen molar-refractivity contribution in [2.45, 2.75) is 25.8 Å². The first-order chi connectivity index (χ1) is 13.2. The lowest BCUT2D eigenvalue weighted by Gasteiger charge is -2.28. The van der Waals surface area contributed by atoms with Gasteiger partial charge in [-0.25, -0.2) is 0 Å². The molecule has 0 spiro atoms. The number of rotatable bonds is 8. The fourth-order valence-electron chi connectivity index (χ4n) is 3.56. The van der Waals surface area contributed by atoms with Gasteiger partial charge in [-0.05, 0) is 56.6 Å². The van der Waals surface area contributed by atoms with Crippen molar-refractivity contribution < 1.29 is 14.3 Å². The van der Waals surface area contributed by atoms with Crippen LogP contribution in [0.15, 0.2) is 48.5 Å². The molecule has 2 aromatic carbocycles. The SMILES string of the molecule is CCOc1ccc(C(=O)NC[C@@H](c2ccccc2)N2CCCC2)cc1OC. The van der Waals surface area contributed by atoms with Crippen LogP contribution >= 0.6 is 0 Å². The van der Waals surface area contributed by atoms with Crippen molar-refractivity contribution in [3.05, 3.63) is 59.7 Å². The molecule has 0 bridgehead atoms. The average molecular weight is 368 g/mol. The average Bonchev–Trinajstić information content (AvgIpc) is 3.24. The molecule has 1 atom stereocenters. The third-order valence-electron chi connectivity index (χ3n) is 4.95. The van der Waals surface area contributed by atoms with Crippen LogP contribution in [0.4, 0.5) is 0 Å². The number of methoxy groups -OCH3 is 1. The minimum Gasteiger partial charge on any atom is -0.493 e. The lowest BCUT2D eigenvalue weighted by Crippen LogP contribution is -2.36. The summed E-state index contributed by atoms with van der Waals surface area (Å²) in [6.45, 7) is 5.20. The van der Waals surface area contributed by atoms with Crippen LogP contribution < -0.4 is 14.8 Å². The smallest absolute Gasteiger partial charge is 0.251 e. The Labute approximate surface area is 161 Å². The third-order valence-corrected chi connectivity index (χ3v) is 4.95. The Hall–Kier alpha value is -2.53. The van der Waals surface area contributed by atoms with Crippen molar-refractivity contribution in [3.8, 4) is 11.5 Å². The molecule has 1 saturated heterocycles. The minimum absolute atomic E-state index is 0.100. The van der Waals surface area contributed by atoms with Crippen molar-refractivity contribution >= 4 is 5.91 Å². The van der Waals surface area contributed by atoms with Gasteiger partial charge in [0.15, 0.2) is 11.5 Å². The maximum absolute atomic E-state index is 12.7. The van der Waals surface area contributed by atoms with Crippen LogP contribution in [0.1, 0.15) is 41.7 Å². The topological polar surface area (TPSA) is 50.8 Å². The van der Waals surface area contributed by atoms with Crippen LogP contribution in [0.2, 0.25) is 0 Å². The number of hydrogen-bond donors (Lipinski definition) is 1. The molecule has 1 heterocycles. The summed E-state index contributed by atoms with van der Waals surface area (Å²) in [4.78, 5) is 15.2. The van der Waals surface area contributed by atoms with Crippen LogP contribution in [0.3, 0.4) is 0 Å². The summed E-state index contributed by atoms with van der Waals surface area (Å²) in [7, 11) is 1.58. The number of carbonyl (C=O) groups excluding carboxylic acids is 1. The molecular weight excluding hydrogens is 340 g/mol. The van der Waals surface area contributed by atoms with Crippen molar-refractivity contribution in [1.29, 1.82) is 0 Å². The van der Waals surface area contributed by atoms with E-state index in [1.165, 1.54) is 18.4 Å². The Balaban J connectivity index is 1.70. The first-order valence-electron chi connectivity index (χ1n) is 9.61. The van der Waals surface area contributed by atoms with Gasteiger partial charge in [-0.2, -0.15) is 0 Å². The zero-order valence-electron chi connectivity index (χ0n) is 16.1. The molecule has 1 aliphatic rings. The van der Waals surface area contributed by atoms with Crippen molar-refractivity contribution in [1.82, 2.24) is 10.2 Å². The Morgan fingerprint density at radius 2 is 1.85 bits per heavy atom. The van der Waals surface area contributed by atoms with Crippen LogP contribution in [-0.4, -0.2) is 44.2 Å². The normalized spacial score (nSPS) is 15.3. The Bertz CT molecular complexity index is 742. The summed E-state index contributed by atoms with van der Waals surface area (Å²) in [5.41, 5.74) is 1.81. The number of carbonyl (C=O) groups is 1. The fraction of sp³-hybridized carbons (Fsp3) is 0.409. The molecule has 5 heteroatoms. The van der Waals surface area contributed by atoms with E-state index in [0.717, 1.165) is 13.1 Å². The zero-order valence-corrected chi connectivity index (χ0v) is 16.1. The molecule has 0 aromatic heterocycles. The molecule has 144 valence electrons. The van der Waals surface area contributed by atoms with E-state index < -0.39 is 0 Å². The summed E-state index contributed by atoms with van der Waals surface area (Å²) in [5.74, 6) is 1.12. The van der Waals surface area contributed by atoms with Gasteiger partial charge >= 0.3 is 0 Å². The van der Waals surface area contributed by atoms with Gasteiger partial charge in [-0.15, -0.1) is 0 Å².